The summed E-state index contributed by atoms with van der Waals surface area (Å²) in [5.74, 6) is -2.19. The Balaban J connectivity index is 1.76. The van der Waals surface area contributed by atoms with E-state index in [1.54, 1.807) is 36.6 Å². The molecule has 0 radical (unpaired) electrons. The highest BCUT2D eigenvalue weighted by molar-refractivity contribution is 7.21. The fourth-order valence-electron chi connectivity index (χ4n) is 2.67. The van der Waals surface area contributed by atoms with Crippen molar-refractivity contribution in [1.29, 1.82) is 0 Å². The van der Waals surface area contributed by atoms with Gasteiger partial charge < -0.3 is 14.8 Å². The van der Waals surface area contributed by atoms with Crippen LogP contribution >= 0.6 is 22.7 Å². The molecule has 3 rings (SSSR count). The van der Waals surface area contributed by atoms with Crippen LogP contribution in [-0.2, 0) is 20.9 Å². The third kappa shape index (κ3) is 4.63. The number of fused-ring (bicyclic) bond motifs is 1. The molecule has 1 amide bonds. The van der Waals surface area contributed by atoms with Gasteiger partial charge in [0.2, 0.25) is 0 Å². The maximum Gasteiger partial charge on any atom is 0.348 e. The number of amides is 1. The standard InChI is InChI=1S/C20H18FNO5S2/c1-3-26-20(25)17-12(16-13(21)6-4-7-14(16)29-17)10-27-19(24)11(2)22-18(23)15-8-5-9-28-15/h4-9,11H,3,10H2,1-2H3,(H,22,23). The van der Waals surface area contributed by atoms with Crippen molar-refractivity contribution >= 4 is 50.6 Å². The summed E-state index contributed by atoms with van der Waals surface area (Å²) in [6.45, 7) is 3.02. The predicted octanol–water partition coefficient (Wildman–Crippen LogP) is 4.14. The Morgan fingerprint density at radius 2 is 1.97 bits per heavy atom. The van der Waals surface area contributed by atoms with Crippen LogP contribution in [0, 0.1) is 5.82 Å². The minimum Gasteiger partial charge on any atom is -0.462 e. The van der Waals surface area contributed by atoms with Crippen molar-refractivity contribution in [2.45, 2.75) is 26.5 Å². The van der Waals surface area contributed by atoms with Crippen molar-refractivity contribution in [3.63, 3.8) is 0 Å². The molecule has 2 aromatic heterocycles. The van der Waals surface area contributed by atoms with Crippen LogP contribution in [-0.4, -0.2) is 30.5 Å². The molecule has 0 saturated heterocycles. The van der Waals surface area contributed by atoms with E-state index in [1.807, 2.05) is 0 Å². The second-order valence-corrected chi connectivity index (χ2v) is 8.02. The second kappa shape index (κ2) is 9.15. The number of carbonyl (C=O) groups excluding carboxylic acids is 3. The molecule has 1 N–H and O–H groups in total. The number of carbonyl (C=O) groups is 3. The lowest BCUT2D eigenvalue weighted by molar-refractivity contribution is -0.146. The first-order valence-corrected chi connectivity index (χ1v) is 10.5. The van der Waals surface area contributed by atoms with E-state index in [0.29, 0.717) is 9.58 Å². The van der Waals surface area contributed by atoms with Crippen LogP contribution < -0.4 is 5.32 Å². The van der Waals surface area contributed by atoms with Gasteiger partial charge in [-0.05, 0) is 37.4 Å². The topological polar surface area (TPSA) is 81.7 Å². The normalized spacial score (nSPS) is 11.8. The van der Waals surface area contributed by atoms with Gasteiger partial charge in [0.25, 0.3) is 5.91 Å². The van der Waals surface area contributed by atoms with Gasteiger partial charge in [0.1, 0.15) is 23.3 Å². The molecule has 0 spiro atoms. The lowest BCUT2D eigenvalue weighted by Crippen LogP contribution is -2.39. The van der Waals surface area contributed by atoms with E-state index in [0.717, 1.165) is 11.3 Å². The molecular weight excluding hydrogens is 417 g/mol. The number of rotatable bonds is 7. The van der Waals surface area contributed by atoms with Gasteiger partial charge in [0.05, 0.1) is 11.5 Å². The summed E-state index contributed by atoms with van der Waals surface area (Å²) < 4.78 is 25.3. The lowest BCUT2D eigenvalue weighted by atomic mass is 10.1. The SMILES string of the molecule is CCOC(=O)c1sc2cccc(F)c2c1COC(=O)C(C)NC(=O)c1cccs1. The number of thiophene rings is 2. The molecule has 1 atom stereocenters. The third-order valence-electron chi connectivity index (χ3n) is 4.03. The van der Waals surface area contributed by atoms with Gasteiger partial charge >= 0.3 is 11.9 Å². The summed E-state index contributed by atoms with van der Waals surface area (Å²) in [5.41, 5.74) is 0.256. The number of halogens is 1. The molecule has 1 unspecified atom stereocenters. The van der Waals surface area contributed by atoms with Gasteiger partial charge in [-0.25, -0.2) is 14.0 Å². The molecule has 9 heteroatoms. The van der Waals surface area contributed by atoms with E-state index in [9.17, 15) is 18.8 Å². The lowest BCUT2D eigenvalue weighted by Gasteiger charge is -2.13. The summed E-state index contributed by atoms with van der Waals surface area (Å²) in [4.78, 5) is 37.3. The van der Waals surface area contributed by atoms with Crippen LogP contribution in [0.2, 0.25) is 0 Å². The monoisotopic (exact) mass is 435 g/mol. The van der Waals surface area contributed by atoms with Crippen molar-refractivity contribution in [3.05, 3.63) is 56.8 Å². The van der Waals surface area contributed by atoms with E-state index in [1.165, 1.54) is 24.3 Å². The molecule has 6 nitrogen and oxygen atoms in total. The number of hydrogen-bond donors (Lipinski definition) is 1. The van der Waals surface area contributed by atoms with E-state index >= 15 is 0 Å². The molecule has 3 aromatic rings. The Morgan fingerprint density at radius 1 is 1.17 bits per heavy atom. The van der Waals surface area contributed by atoms with Crippen LogP contribution in [0.4, 0.5) is 4.39 Å². The van der Waals surface area contributed by atoms with Gasteiger partial charge in [-0.1, -0.05) is 12.1 Å². The van der Waals surface area contributed by atoms with Gasteiger partial charge in [-0.2, -0.15) is 0 Å². The zero-order valence-corrected chi connectivity index (χ0v) is 17.3. The fourth-order valence-corrected chi connectivity index (χ4v) is 4.41. The van der Waals surface area contributed by atoms with Gasteiger partial charge in [-0.3, -0.25) is 4.79 Å². The van der Waals surface area contributed by atoms with Crippen molar-refractivity contribution in [2.24, 2.45) is 0 Å². The van der Waals surface area contributed by atoms with Crippen molar-refractivity contribution < 1.29 is 28.2 Å². The minimum absolute atomic E-state index is 0.167. The summed E-state index contributed by atoms with van der Waals surface area (Å²) in [5, 5.41) is 4.53. The second-order valence-electron chi connectivity index (χ2n) is 6.02. The molecule has 152 valence electrons. The van der Waals surface area contributed by atoms with E-state index in [-0.39, 0.29) is 34.9 Å². The quantitative estimate of drug-likeness (QED) is 0.564. The first kappa shape index (κ1) is 20.9. The highest BCUT2D eigenvalue weighted by Gasteiger charge is 2.24. The maximum atomic E-state index is 14.4. The summed E-state index contributed by atoms with van der Waals surface area (Å²) in [6.07, 6.45) is 0. The Morgan fingerprint density at radius 3 is 2.66 bits per heavy atom. The molecule has 0 aliphatic heterocycles. The summed E-state index contributed by atoms with van der Waals surface area (Å²) in [7, 11) is 0. The highest BCUT2D eigenvalue weighted by atomic mass is 32.1. The fraction of sp³-hybridized carbons (Fsp3) is 0.250. The third-order valence-corrected chi connectivity index (χ3v) is 6.07. The number of benzene rings is 1. The predicted molar refractivity (Wildman–Crippen MR) is 109 cm³/mol. The molecule has 0 aliphatic rings. The van der Waals surface area contributed by atoms with E-state index in [4.69, 9.17) is 9.47 Å². The number of hydrogen-bond acceptors (Lipinski definition) is 7. The molecule has 2 heterocycles. The first-order valence-electron chi connectivity index (χ1n) is 8.80. The molecule has 0 bridgehead atoms. The van der Waals surface area contributed by atoms with Crippen LogP contribution in [0.15, 0.2) is 35.7 Å². The van der Waals surface area contributed by atoms with Gasteiger partial charge in [0, 0.05) is 15.6 Å². The maximum absolute atomic E-state index is 14.4. The van der Waals surface area contributed by atoms with Crippen LogP contribution in [0.5, 0.6) is 0 Å². The average Bonchev–Trinajstić information content (AvgIpc) is 3.35. The molecule has 0 saturated carbocycles. The van der Waals surface area contributed by atoms with Gasteiger partial charge in [0.15, 0.2) is 0 Å². The average molecular weight is 435 g/mol. The van der Waals surface area contributed by atoms with Crippen LogP contribution in [0.1, 0.15) is 38.8 Å². The van der Waals surface area contributed by atoms with Crippen LogP contribution in [0.3, 0.4) is 0 Å². The Hall–Kier alpha value is -2.78. The largest absolute Gasteiger partial charge is 0.462 e. The minimum atomic E-state index is -0.912. The number of esters is 2. The Labute approximate surface area is 174 Å². The molecule has 29 heavy (non-hydrogen) atoms. The summed E-state index contributed by atoms with van der Waals surface area (Å²) in [6, 6.07) is 6.96. The summed E-state index contributed by atoms with van der Waals surface area (Å²) >= 11 is 2.33. The smallest absolute Gasteiger partial charge is 0.348 e. The molecule has 0 fully saturated rings. The van der Waals surface area contributed by atoms with E-state index < -0.39 is 23.8 Å². The molecular formula is C20H18FNO5S2. The zero-order valence-electron chi connectivity index (χ0n) is 15.7. The number of ether oxygens (including phenoxy) is 2. The molecule has 0 aliphatic carbocycles. The van der Waals surface area contributed by atoms with Crippen LogP contribution in [0.25, 0.3) is 10.1 Å². The highest BCUT2D eigenvalue weighted by Crippen LogP contribution is 2.34. The Kier molecular flexibility index (Phi) is 6.60. The number of nitrogens with one attached hydrogen (secondary N) is 1. The zero-order chi connectivity index (χ0) is 21.0. The van der Waals surface area contributed by atoms with Gasteiger partial charge in [-0.15, -0.1) is 22.7 Å². The van der Waals surface area contributed by atoms with E-state index in [2.05, 4.69) is 5.32 Å². The van der Waals surface area contributed by atoms with Crippen molar-refractivity contribution in [2.75, 3.05) is 6.61 Å². The first-order chi connectivity index (χ1) is 13.9. The molecule has 1 aromatic carbocycles. The van der Waals surface area contributed by atoms with Crippen molar-refractivity contribution in [3.8, 4) is 0 Å². The van der Waals surface area contributed by atoms with Crippen molar-refractivity contribution in [1.82, 2.24) is 5.32 Å². The Bertz CT molecular complexity index is 1040.